The average Bonchev–Trinajstić information content (AvgIpc) is 3.24. The summed E-state index contributed by atoms with van der Waals surface area (Å²) in [6, 6.07) is 9.86. The highest BCUT2D eigenvalue weighted by Crippen LogP contribution is 2.35. The smallest absolute Gasteiger partial charge is 0.253 e. The molecule has 0 bridgehead atoms. The molecule has 1 atom stereocenters. The van der Waals surface area contributed by atoms with Crippen LogP contribution in [0.1, 0.15) is 49.4 Å². The van der Waals surface area contributed by atoms with Gasteiger partial charge in [0.2, 0.25) is 0 Å². The third-order valence-corrected chi connectivity index (χ3v) is 7.82. The van der Waals surface area contributed by atoms with Crippen LogP contribution in [0.3, 0.4) is 0 Å². The van der Waals surface area contributed by atoms with Gasteiger partial charge in [-0.1, -0.05) is 36.9 Å². The predicted molar refractivity (Wildman–Crippen MR) is 138 cm³/mol. The lowest BCUT2D eigenvalue weighted by Crippen LogP contribution is -2.63. The second-order valence-electron chi connectivity index (χ2n) is 9.72. The summed E-state index contributed by atoms with van der Waals surface area (Å²) in [4.78, 5) is 20.4. The molecule has 5 rings (SSSR count). The molecular formula is C26H33ClN6O. The minimum absolute atomic E-state index is 0.0141. The largest absolute Gasteiger partial charge is 0.382 e. The van der Waals surface area contributed by atoms with Crippen LogP contribution >= 0.6 is 11.6 Å². The molecule has 0 radical (unpaired) electrons. The molecular weight excluding hydrogens is 448 g/mol. The first-order valence-corrected chi connectivity index (χ1v) is 12.6. The number of benzene rings is 1. The maximum absolute atomic E-state index is 13.6. The van der Waals surface area contributed by atoms with Crippen molar-refractivity contribution in [3.63, 3.8) is 0 Å². The highest BCUT2D eigenvalue weighted by molar-refractivity contribution is 6.37. The van der Waals surface area contributed by atoms with Crippen LogP contribution in [0.5, 0.6) is 0 Å². The van der Waals surface area contributed by atoms with Crippen LogP contribution in [-0.2, 0) is 0 Å². The zero-order valence-corrected chi connectivity index (χ0v) is 20.4. The van der Waals surface area contributed by atoms with Crippen LogP contribution in [-0.4, -0.2) is 58.1 Å². The van der Waals surface area contributed by atoms with E-state index < -0.39 is 0 Å². The molecule has 1 aromatic carbocycles. The molecule has 1 saturated carbocycles. The van der Waals surface area contributed by atoms with Gasteiger partial charge in [0, 0.05) is 55.5 Å². The zero-order chi connectivity index (χ0) is 23.7. The highest BCUT2D eigenvalue weighted by atomic mass is 35.5. The number of rotatable bonds is 5. The maximum atomic E-state index is 13.6. The lowest BCUT2D eigenvalue weighted by Gasteiger charge is -2.49. The van der Waals surface area contributed by atoms with Crippen molar-refractivity contribution in [3.05, 3.63) is 53.3 Å². The van der Waals surface area contributed by atoms with Crippen LogP contribution in [0.25, 0.3) is 16.6 Å². The van der Waals surface area contributed by atoms with Gasteiger partial charge in [0.15, 0.2) is 0 Å². The number of fused-ring (bicyclic) bond motifs is 1. The Morgan fingerprint density at radius 2 is 2.09 bits per heavy atom. The van der Waals surface area contributed by atoms with E-state index in [1.54, 1.807) is 6.20 Å². The number of pyridine rings is 1. The Kier molecular flexibility index (Phi) is 6.51. The first-order valence-electron chi connectivity index (χ1n) is 12.3. The van der Waals surface area contributed by atoms with Crippen LogP contribution in [0.2, 0.25) is 5.02 Å². The summed E-state index contributed by atoms with van der Waals surface area (Å²) < 4.78 is 1.91. The molecule has 3 heterocycles. The average molecular weight is 481 g/mol. The number of carbonyl (C=O) groups is 1. The Morgan fingerprint density at radius 3 is 2.85 bits per heavy atom. The summed E-state index contributed by atoms with van der Waals surface area (Å²) in [6.07, 6.45) is 9.42. The van der Waals surface area contributed by atoms with E-state index >= 15 is 0 Å². The first-order chi connectivity index (χ1) is 16.5. The summed E-state index contributed by atoms with van der Waals surface area (Å²) in [5.41, 5.74) is 8.29. The minimum Gasteiger partial charge on any atom is -0.382 e. The molecule has 3 aromatic rings. The van der Waals surface area contributed by atoms with Crippen LogP contribution in [0.4, 0.5) is 5.82 Å². The second-order valence-corrected chi connectivity index (χ2v) is 10.1. The molecule has 4 N–H and O–H groups in total. The molecule has 1 amide bonds. The van der Waals surface area contributed by atoms with Gasteiger partial charge in [0.05, 0.1) is 21.8 Å². The van der Waals surface area contributed by atoms with E-state index in [0.717, 1.165) is 49.1 Å². The number of hydrogen-bond acceptors (Lipinski definition) is 5. The number of anilines is 1. The van der Waals surface area contributed by atoms with Gasteiger partial charge in [-0.25, -0.2) is 4.98 Å². The van der Waals surface area contributed by atoms with Gasteiger partial charge in [-0.05, 0) is 44.0 Å². The predicted octanol–water partition coefficient (Wildman–Crippen LogP) is 3.99. The Bertz CT molecular complexity index is 1190. The van der Waals surface area contributed by atoms with Crippen molar-refractivity contribution in [1.82, 2.24) is 25.1 Å². The van der Waals surface area contributed by atoms with Crippen molar-refractivity contribution in [2.75, 3.05) is 31.9 Å². The van der Waals surface area contributed by atoms with E-state index in [2.05, 4.69) is 27.4 Å². The van der Waals surface area contributed by atoms with Gasteiger partial charge < -0.3 is 20.9 Å². The summed E-state index contributed by atoms with van der Waals surface area (Å²) in [6.45, 7) is 5.91. The Labute approximate surface area is 205 Å². The van der Waals surface area contributed by atoms with Crippen LogP contribution in [0.15, 0.2) is 42.7 Å². The number of nitrogens with two attached hydrogens (primary N) is 1. The van der Waals surface area contributed by atoms with Crippen molar-refractivity contribution >= 4 is 34.2 Å². The summed E-state index contributed by atoms with van der Waals surface area (Å²) in [5, 5.41) is 8.13. The molecule has 34 heavy (non-hydrogen) atoms. The molecule has 180 valence electrons. The number of amides is 1. The minimum atomic E-state index is -0.104. The third-order valence-electron chi connectivity index (χ3n) is 7.50. The van der Waals surface area contributed by atoms with Crippen molar-refractivity contribution < 1.29 is 4.79 Å². The monoisotopic (exact) mass is 480 g/mol. The van der Waals surface area contributed by atoms with E-state index in [4.69, 9.17) is 17.3 Å². The molecule has 1 aliphatic carbocycles. The van der Waals surface area contributed by atoms with Gasteiger partial charge >= 0.3 is 0 Å². The van der Waals surface area contributed by atoms with Gasteiger partial charge in [0.25, 0.3) is 5.91 Å². The molecule has 2 aliphatic rings. The van der Waals surface area contributed by atoms with Gasteiger partial charge in [-0.3, -0.25) is 9.69 Å². The fourth-order valence-electron chi connectivity index (χ4n) is 5.75. The number of aromatic nitrogens is 2. The number of nitrogens with one attached hydrogen (secondary N) is 2. The van der Waals surface area contributed by atoms with E-state index in [0.29, 0.717) is 29.0 Å². The van der Waals surface area contributed by atoms with E-state index in [-0.39, 0.29) is 11.4 Å². The molecule has 1 saturated heterocycles. The van der Waals surface area contributed by atoms with Crippen molar-refractivity contribution in [2.45, 2.75) is 50.6 Å². The van der Waals surface area contributed by atoms with E-state index in [1.807, 2.05) is 41.1 Å². The van der Waals surface area contributed by atoms with E-state index in [1.165, 1.54) is 19.3 Å². The fourth-order valence-corrected chi connectivity index (χ4v) is 6.02. The normalized spacial score (nSPS) is 20.9. The molecule has 7 nitrogen and oxygen atoms in total. The molecule has 2 fully saturated rings. The standard InChI is InChI=1S/C26H33ClN6O/c1-18-15-32(14-13-29-18)26(10-3-2-4-11-26)17-31-25(34)19-16-33(22-9-6-12-30-24(22)28)21-8-5-7-20(27)23(19)21/h5-9,12,16,18,29H,2-4,10-11,13-15,17H2,1H3,(H2,28,30)(H,31,34)/t18-/m1/s1. The molecule has 2 aromatic heterocycles. The van der Waals surface area contributed by atoms with Crippen molar-refractivity contribution in [2.24, 2.45) is 0 Å². The number of carbonyl (C=O) groups excluding carboxylic acids is 1. The number of piperazine rings is 1. The third kappa shape index (κ3) is 4.28. The lowest BCUT2D eigenvalue weighted by molar-refractivity contribution is 0.0273. The molecule has 1 aliphatic heterocycles. The first kappa shape index (κ1) is 23.1. The van der Waals surface area contributed by atoms with E-state index in [9.17, 15) is 4.79 Å². The zero-order valence-electron chi connectivity index (χ0n) is 19.7. The summed E-state index contributed by atoms with van der Waals surface area (Å²) in [5.74, 6) is 0.299. The number of nitrogens with zero attached hydrogens (tertiary/aromatic N) is 3. The summed E-state index contributed by atoms with van der Waals surface area (Å²) >= 11 is 6.61. The Morgan fingerprint density at radius 1 is 1.26 bits per heavy atom. The van der Waals surface area contributed by atoms with Crippen LogP contribution < -0.4 is 16.4 Å². The summed E-state index contributed by atoms with van der Waals surface area (Å²) in [7, 11) is 0. The van der Waals surface area contributed by atoms with Crippen molar-refractivity contribution in [3.8, 4) is 5.69 Å². The number of hydrogen-bond donors (Lipinski definition) is 3. The molecule has 8 heteroatoms. The number of nitrogen functional groups attached to an aromatic ring is 1. The lowest BCUT2D eigenvalue weighted by atomic mass is 9.79. The number of halogens is 1. The van der Waals surface area contributed by atoms with Crippen LogP contribution in [0, 0.1) is 0 Å². The highest BCUT2D eigenvalue weighted by Gasteiger charge is 2.39. The second kappa shape index (κ2) is 9.56. The Hall–Kier alpha value is -2.61. The topological polar surface area (TPSA) is 88.2 Å². The van der Waals surface area contributed by atoms with Gasteiger partial charge in [0.1, 0.15) is 5.82 Å². The molecule has 0 spiro atoms. The van der Waals surface area contributed by atoms with Gasteiger partial charge in [-0.2, -0.15) is 0 Å². The maximum Gasteiger partial charge on any atom is 0.253 e. The molecule has 0 unspecified atom stereocenters. The fraction of sp³-hybridized carbons (Fsp3) is 0.462. The Balaban J connectivity index is 1.46. The quantitative estimate of drug-likeness (QED) is 0.514. The SMILES string of the molecule is C[C@@H]1CN(C2(CNC(=O)c3cn(-c4cccnc4N)c4cccc(Cl)c34)CCCCC2)CCN1. The van der Waals surface area contributed by atoms with Crippen molar-refractivity contribution in [1.29, 1.82) is 0 Å². The van der Waals surface area contributed by atoms with Gasteiger partial charge in [-0.15, -0.1) is 0 Å².